The summed E-state index contributed by atoms with van der Waals surface area (Å²) >= 11 is 0. The van der Waals surface area contributed by atoms with E-state index in [1.807, 2.05) is 4.90 Å². The molecule has 3 saturated carbocycles. The molecule has 0 spiro atoms. The van der Waals surface area contributed by atoms with Crippen LogP contribution in [0.15, 0.2) is 23.8 Å². The molecule has 1 saturated heterocycles. The van der Waals surface area contributed by atoms with Gasteiger partial charge in [0.05, 0.1) is 6.42 Å². The molecule has 0 bridgehead atoms. The number of carbonyl (C=O) groups excluding carboxylic acids is 2. The van der Waals surface area contributed by atoms with Crippen molar-refractivity contribution in [1.82, 2.24) is 10.2 Å². The van der Waals surface area contributed by atoms with Gasteiger partial charge in [0.15, 0.2) is 0 Å². The van der Waals surface area contributed by atoms with Crippen LogP contribution in [0.5, 0.6) is 0 Å². The maximum atomic E-state index is 12.7. The van der Waals surface area contributed by atoms with Crippen LogP contribution in [0, 0.1) is 52.3 Å². The standard InChI is InChI=1S/C37H60N2O3/c1-7-27(25(2)3)9-8-26(4)31-12-13-32-30-11-10-28-24-29(16-18-36(28,5)33(30)17-19-37(31,32)6)42-35(41)15-14-34(40)39-22-20-38-21-23-39/h8-10,25-27,29-33,38H,7,11-24H2,1-6H3/b9-8+/t26-,27-,29+,30+,31-,32+,33+,36+,37-/m1/s1. The molecule has 0 radical (unpaired) electrons. The highest BCUT2D eigenvalue weighted by atomic mass is 16.5. The first-order valence-corrected chi connectivity index (χ1v) is 17.6. The first-order chi connectivity index (χ1) is 20.1. The molecule has 1 aliphatic heterocycles. The number of amides is 1. The van der Waals surface area contributed by atoms with Crippen LogP contribution < -0.4 is 5.32 Å². The third-order valence-electron chi connectivity index (χ3n) is 13.1. The number of rotatable bonds is 9. The smallest absolute Gasteiger partial charge is 0.306 e. The average molecular weight is 581 g/mol. The number of nitrogens with zero attached hydrogens (tertiary/aromatic N) is 1. The molecule has 0 aromatic carbocycles. The molecule has 0 unspecified atom stereocenters. The van der Waals surface area contributed by atoms with E-state index in [1.165, 1.54) is 38.5 Å². The van der Waals surface area contributed by atoms with Gasteiger partial charge in [-0.25, -0.2) is 0 Å². The Morgan fingerprint density at radius 3 is 2.50 bits per heavy atom. The van der Waals surface area contributed by atoms with Gasteiger partial charge in [-0.15, -0.1) is 0 Å². The molecular formula is C37H60N2O3. The van der Waals surface area contributed by atoms with Crippen molar-refractivity contribution in [2.45, 2.75) is 118 Å². The maximum absolute atomic E-state index is 12.7. The second-order valence-corrected chi connectivity index (χ2v) is 15.5. The minimum absolute atomic E-state index is 0.0298. The molecule has 1 amide bonds. The Kier molecular flexibility index (Phi) is 9.97. The van der Waals surface area contributed by atoms with E-state index in [4.69, 9.17) is 4.74 Å². The van der Waals surface area contributed by atoms with Crippen molar-refractivity contribution in [3.05, 3.63) is 23.8 Å². The van der Waals surface area contributed by atoms with Crippen molar-refractivity contribution >= 4 is 11.9 Å². The van der Waals surface area contributed by atoms with Gasteiger partial charge in [0.2, 0.25) is 5.91 Å². The predicted octanol–water partition coefficient (Wildman–Crippen LogP) is 7.56. The van der Waals surface area contributed by atoms with Crippen molar-refractivity contribution in [3.63, 3.8) is 0 Å². The van der Waals surface area contributed by atoms with E-state index in [2.05, 4.69) is 65.1 Å². The topological polar surface area (TPSA) is 58.6 Å². The van der Waals surface area contributed by atoms with E-state index in [-0.39, 0.29) is 36.2 Å². The van der Waals surface area contributed by atoms with Gasteiger partial charge in [-0.2, -0.15) is 0 Å². The summed E-state index contributed by atoms with van der Waals surface area (Å²) in [5.74, 6) is 5.15. The number of piperazine rings is 1. The van der Waals surface area contributed by atoms with E-state index in [0.717, 1.165) is 75.0 Å². The first-order valence-electron chi connectivity index (χ1n) is 17.6. The van der Waals surface area contributed by atoms with Crippen LogP contribution in [0.1, 0.15) is 112 Å². The van der Waals surface area contributed by atoms with E-state index in [1.54, 1.807) is 5.57 Å². The number of carbonyl (C=O) groups is 2. The molecule has 0 aromatic heterocycles. The van der Waals surface area contributed by atoms with Crippen molar-refractivity contribution in [2.75, 3.05) is 26.2 Å². The number of ether oxygens (including phenoxy) is 1. The van der Waals surface area contributed by atoms with Crippen molar-refractivity contribution in [2.24, 2.45) is 52.3 Å². The Morgan fingerprint density at radius 2 is 1.79 bits per heavy atom. The van der Waals surface area contributed by atoms with Crippen LogP contribution in [0.25, 0.3) is 0 Å². The summed E-state index contributed by atoms with van der Waals surface area (Å²) in [6.45, 7) is 17.9. The number of hydrogen-bond donors (Lipinski definition) is 1. The number of fused-ring (bicyclic) bond motifs is 5. The maximum Gasteiger partial charge on any atom is 0.306 e. The van der Waals surface area contributed by atoms with Gasteiger partial charge >= 0.3 is 5.97 Å². The van der Waals surface area contributed by atoms with E-state index < -0.39 is 0 Å². The lowest BCUT2D eigenvalue weighted by Crippen LogP contribution is -2.51. The zero-order valence-corrected chi connectivity index (χ0v) is 27.6. The van der Waals surface area contributed by atoms with Crippen LogP contribution >= 0.6 is 0 Å². The van der Waals surface area contributed by atoms with Crippen LogP contribution in [0.3, 0.4) is 0 Å². The van der Waals surface area contributed by atoms with Crippen LogP contribution in [0.2, 0.25) is 0 Å². The SMILES string of the molecule is CC[C@H](/C=C/[C@@H](C)[C@H]1CC[C@H]2[C@@H]3CC=C4C[C@@H](OC(=O)CCC(=O)N5CCNCC5)CC[C@]4(C)[C@H]3CC[C@]12C)C(C)C. The molecule has 42 heavy (non-hydrogen) atoms. The molecule has 1 N–H and O–H groups in total. The highest BCUT2D eigenvalue weighted by molar-refractivity contribution is 5.81. The normalized spacial score (nSPS) is 37.9. The zero-order valence-electron chi connectivity index (χ0n) is 27.6. The Hall–Kier alpha value is -1.62. The Morgan fingerprint density at radius 1 is 1.02 bits per heavy atom. The molecule has 0 aromatic rings. The molecule has 4 aliphatic carbocycles. The summed E-state index contributed by atoms with van der Waals surface area (Å²) in [4.78, 5) is 27.1. The summed E-state index contributed by atoms with van der Waals surface area (Å²) in [7, 11) is 0. The Bertz CT molecular complexity index is 1030. The summed E-state index contributed by atoms with van der Waals surface area (Å²) in [6.07, 6.45) is 19.0. The number of allylic oxidation sites excluding steroid dienone is 3. The highest BCUT2D eigenvalue weighted by Crippen LogP contribution is 2.67. The molecule has 5 nitrogen and oxygen atoms in total. The summed E-state index contributed by atoms with van der Waals surface area (Å²) in [6, 6.07) is 0. The molecular weight excluding hydrogens is 520 g/mol. The lowest BCUT2D eigenvalue weighted by Gasteiger charge is -2.58. The molecule has 5 rings (SSSR count). The fourth-order valence-corrected chi connectivity index (χ4v) is 10.4. The minimum atomic E-state index is -0.200. The number of esters is 1. The van der Waals surface area contributed by atoms with Crippen LogP contribution in [-0.2, 0) is 14.3 Å². The molecule has 1 heterocycles. The molecule has 5 aliphatic rings. The largest absolute Gasteiger partial charge is 0.462 e. The predicted molar refractivity (Wildman–Crippen MR) is 171 cm³/mol. The van der Waals surface area contributed by atoms with E-state index in [9.17, 15) is 9.59 Å². The van der Waals surface area contributed by atoms with Crippen LogP contribution in [0.4, 0.5) is 0 Å². The molecule has 5 heteroatoms. The van der Waals surface area contributed by atoms with Gasteiger partial charge in [-0.3, -0.25) is 9.59 Å². The van der Waals surface area contributed by atoms with Crippen LogP contribution in [-0.4, -0.2) is 49.1 Å². The van der Waals surface area contributed by atoms with Crippen molar-refractivity contribution < 1.29 is 14.3 Å². The lowest BCUT2D eigenvalue weighted by atomic mass is 9.47. The first kappa shape index (κ1) is 31.8. The van der Waals surface area contributed by atoms with Gasteiger partial charge in [0, 0.05) is 39.0 Å². The Labute approximate surface area is 256 Å². The number of hydrogen-bond acceptors (Lipinski definition) is 4. The summed E-state index contributed by atoms with van der Waals surface area (Å²) in [5, 5.41) is 3.27. The van der Waals surface area contributed by atoms with Gasteiger partial charge in [0.1, 0.15) is 6.10 Å². The zero-order chi connectivity index (χ0) is 30.1. The quantitative estimate of drug-likeness (QED) is 0.226. The number of nitrogens with one attached hydrogen (secondary N) is 1. The van der Waals surface area contributed by atoms with Gasteiger partial charge < -0.3 is 15.0 Å². The fraction of sp³-hybridized carbons (Fsp3) is 0.838. The van der Waals surface area contributed by atoms with Gasteiger partial charge in [0.25, 0.3) is 0 Å². The summed E-state index contributed by atoms with van der Waals surface area (Å²) in [5.41, 5.74) is 2.26. The molecule has 9 atom stereocenters. The highest BCUT2D eigenvalue weighted by Gasteiger charge is 2.59. The second-order valence-electron chi connectivity index (χ2n) is 15.5. The van der Waals surface area contributed by atoms with E-state index >= 15 is 0 Å². The van der Waals surface area contributed by atoms with Crippen molar-refractivity contribution in [1.29, 1.82) is 0 Å². The van der Waals surface area contributed by atoms with Gasteiger partial charge in [-0.05, 0) is 104 Å². The van der Waals surface area contributed by atoms with Crippen molar-refractivity contribution in [3.8, 4) is 0 Å². The third-order valence-corrected chi connectivity index (χ3v) is 13.1. The Balaban J connectivity index is 1.18. The third kappa shape index (κ3) is 6.28. The lowest BCUT2D eigenvalue weighted by molar-refractivity contribution is -0.153. The average Bonchev–Trinajstić information content (AvgIpc) is 3.34. The fourth-order valence-electron chi connectivity index (χ4n) is 10.4. The molecule has 236 valence electrons. The molecule has 4 fully saturated rings. The van der Waals surface area contributed by atoms with Gasteiger partial charge in [-0.1, -0.05) is 65.3 Å². The summed E-state index contributed by atoms with van der Waals surface area (Å²) < 4.78 is 5.98. The van der Waals surface area contributed by atoms with E-state index in [0.29, 0.717) is 17.3 Å². The minimum Gasteiger partial charge on any atom is -0.462 e. The second kappa shape index (κ2) is 13.2. The monoisotopic (exact) mass is 580 g/mol.